The van der Waals surface area contributed by atoms with Gasteiger partial charge < -0.3 is 0 Å². The number of nitrogens with zero attached hydrogens (tertiary/aromatic N) is 2. The van der Waals surface area contributed by atoms with E-state index in [0.717, 1.165) is 9.88 Å². The largest absolute Gasteiger partial charge is 0.249 e. The minimum atomic E-state index is 0.538. The van der Waals surface area contributed by atoms with Gasteiger partial charge in [-0.05, 0) is 13.3 Å². The summed E-state index contributed by atoms with van der Waals surface area (Å²) < 4.78 is 0. The minimum Gasteiger partial charge on any atom is -0.249 e. The summed E-state index contributed by atoms with van der Waals surface area (Å²) in [6, 6.07) is 2.09. The molecule has 0 atom stereocenters. The summed E-state index contributed by atoms with van der Waals surface area (Å²) in [7, 11) is 0. The third-order valence-electron chi connectivity index (χ3n) is 1.59. The van der Waals surface area contributed by atoms with E-state index in [0.29, 0.717) is 17.0 Å². The van der Waals surface area contributed by atoms with Crippen LogP contribution in [0.4, 0.5) is 0 Å². The summed E-state index contributed by atoms with van der Waals surface area (Å²) in [5.41, 5.74) is 0.616. The van der Waals surface area contributed by atoms with E-state index >= 15 is 0 Å². The third kappa shape index (κ3) is 2.30. The zero-order valence-electron chi connectivity index (χ0n) is 7.47. The van der Waals surface area contributed by atoms with Crippen LogP contribution in [-0.2, 0) is 0 Å². The van der Waals surface area contributed by atoms with E-state index in [1.54, 1.807) is 6.20 Å². The maximum atomic E-state index is 8.76. The molecule has 2 nitrogen and oxygen atoms in total. The van der Waals surface area contributed by atoms with Crippen LogP contribution in [0.15, 0.2) is 11.8 Å². The Balaban J connectivity index is 3.09. The molecule has 0 unspecified atom stereocenters. The molecule has 0 saturated carbocycles. The molecule has 13 heavy (non-hydrogen) atoms. The number of hydrogen-bond acceptors (Lipinski definition) is 3. The molecule has 1 aromatic heterocycles. The van der Waals surface area contributed by atoms with E-state index in [1.807, 2.05) is 13.8 Å². The highest BCUT2D eigenvalue weighted by Gasteiger charge is 2.07. The molecule has 0 amide bonds. The second-order valence-corrected chi connectivity index (χ2v) is 4.11. The molecule has 0 N–H and O–H groups in total. The fourth-order valence-corrected chi connectivity index (χ4v) is 1.98. The van der Waals surface area contributed by atoms with Crippen LogP contribution < -0.4 is 0 Å². The van der Waals surface area contributed by atoms with E-state index < -0.39 is 0 Å². The highest BCUT2D eigenvalue weighted by molar-refractivity contribution is 7.13. The van der Waals surface area contributed by atoms with E-state index in [-0.39, 0.29) is 0 Å². The number of aryl methyl sites for hydroxylation is 1. The Hall–Kier alpha value is -0.850. The molecule has 0 aromatic carbocycles. The number of nitriles is 1. The van der Waals surface area contributed by atoms with Gasteiger partial charge in [-0.3, -0.25) is 0 Å². The van der Waals surface area contributed by atoms with Crippen molar-refractivity contribution in [1.82, 2.24) is 4.98 Å². The zero-order valence-corrected chi connectivity index (χ0v) is 9.04. The lowest BCUT2D eigenvalue weighted by Gasteiger charge is -1.95. The SMILES string of the molecule is CCC(C#N)=C(Cl)c1cnc(C)s1. The predicted octanol–water partition coefficient (Wildman–Crippen LogP) is 3.34. The highest BCUT2D eigenvalue weighted by atomic mass is 35.5. The van der Waals surface area contributed by atoms with Gasteiger partial charge in [-0.15, -0.1) is 11.3 Å². The predicted molar refractivity (Wildman–Crippen MR) is 55.5 cm³/mol. The third-order valence-corrected chi connectivity index (χ3v) is 3.07. The summed E-state index contributed by atoms with van der Waals surface area (Å²) in [6.45, 7) is 3.82. The van der Waals surface area contributed by atoms with Gasteiger partial charge in [-0.2, -0.15) is 5.26 Å². The first kappa shape index (κ1) is 10.2. The first-order valence-corrected chi connectivity index (χ1v) is 5.10. The van der Waals surface area contributed by atoms with Crippen molar-refractivity contribution in [2.24, 2.45) is 0 Å². The van der Waals surface area contributed by atoms with Crippen molar-refractivity contribution in [2.45, 2.75) is 20.3 Å². The normalized spacial score (nSPS) is 12.2. The molecule has 0 aliphatic rings. The van der Waals surface area contributed by atoms with Gasteiger partial charge in [0.1, 0.15) is 0 Å². The van der Waals surface area contributed by atoms with Crippen LogP contribution in [0.5, 0.6) is 0 Å². The van der Waals surface area contributed by atoms with E-state index in [2.05, 4.69) is 11.1 Å². The lowest BCUT2D eigenvalue weighted by Crippen LogP contribution is -1.79. The Labute approximate surface area is 86.5 Å². The number of hydrogen-bond donors (Lipinski definition) is 0. The van der Waals surface area contributed by atoms with E-state index in [9.17, 15) is 0 Å². The van der Waals surface area contributed by atoms with Crippen molar-refractivity contribution in [3.63, 3.8) is 0 Å². The molecular weight excluding hydrogens is 204 g/mol. The second kappa shape index (κ2) is 4.40. The van der Waals surface area contributed by atoms with Crippen molar-refractivity contribution >= 4 is 28.0 Å². The Morgan fingerprint density at radius 3 is 2.85 bits per heavy atom. The van der Waals surface area contributed by atoms with Crippen molar-refractivity contribution in [3.05, 3.63) is 21.7 Å². The van der Waals surface area contributed by atoms with Gasteiger partial charge in [0.2, 0.25) is 0 Å². The van der Waals surface area contributed by atoms with E-state index in [4.69, 9.17) is 16.9 Å². The maximum absolute atomic E-state index is 8.76. The lowest BCUT2D eigenvalue weighted by atomic mass is 10.2. The number of halogens is 1. The quantitative estimate of drug-likeness (QED) is 0.705. The van der Waals surface area contributed by atoms with Gasteiger partial charge in [-0.25, -0.2) is 4.98 Å². The van der Waals surface area contributed by atoms with Crippen molar-refractivity contribution in [2.75, 3.05) is 0 Å². The van der Waals surface area contributed by atoms with E-state index in [1.165, 1.54) is 11.3 Å². The maximum Gasteiger partial charge on any atom is 0.0963 e. The topological polar surface area (TPSA) is 36.7 Å². The zero-order chi connectivity index (χ0) is 9.84. The van der Waals surface area contributed by atoms with Crippen LogP contribution in [0.2, 0.25) is 0 Å². The summed E-state index contributed by atoms with van der Waals surface area (Å²) >= 11 is 7.52. The minimum absolute atomic E-state index is 0.538. The van der Waals surface area contributed by atoms with Crippen LogP contribution in [0.1, 0.15) is 23.2 Å². The Morgan fingerprint density at radius 2 is 2.46 bits per heavy atom. The standard InChI is InChI=1S/C9H9ClN2S/c1-3-7(4-11)9(10)8-5-12-6(2)13-8/h5H,3H2,1-2H3. The van der Waals surface area contributed by atoms with Gasteiger partial charge in [0.05, 0.1) is 21.0 Å². The monoisotopic (exact) mass is 212 g/mol. The number of aromatic nitrogens is 1. The highest BCUT2D eigenvalue weighted by Crippen LogP contribution is 2.28. The molecule has 1 heterocycles. The van der Waals surface area contributed by atoms with Crippen molar-refractivity contribution in [3.8, 4) is 6.07 Å². The first-order chi connectivity index (χ1) is 6.19. The summed E-state index contributed by atoms with van der Waals surface area (Å²) in [5, 5.41) is 10.3. The molecule has 0 bridgehead atoms. The van der Waals surface area contributed by atoms with Crippen LogP contribution in [0.25, 0.3) is 5.03 Å². The van der Waals surface area contributed by atoms with Crippen LogP contribution in [0.3, 0.4) is 0 Å². The lowest BCUT2D eigenvalue weighted by molar-refractivity contribution is 1.16. The molecule has 0 aliphatic heterocycles. The summed E-state index contributed by atoms with van der Waals surface area (Å²) in [6.07, 6.45) is 2.36. The van der Waals surface area contributed by atoms with Crippen molar-refractivity contribution in [1.29, 1.82) is 5.26 Å². The number of rotatable bonds is 2. The molecular formula is C9H9ClN2S. The van der Waals surface area contributed by atoms with Gasteiger partial charge >= 0.3 is 0 Å². The fourth-order valence-electron chi connectivity index (χ4n) is 0.895. The Kier molecular flexibility index (Phi) is 3.47. The fraction of sp³-hybridized carbons (Fsp3) is 0.333. The Morgan fingerprint density at radius 1 is 1.77 bits per heavy atom. The molecule has 0 spiro atoms. The molecule has 4 heteroatoms. The van der Waals surface area contributed by atoms with Gasteiger partial charge in [0.15, 0.2) is 0 Å². The van der Waals surface area contributed by atoms with Crippen LogP contribution in [0, 0.1) is 18.3 Å². The molecule has 1 rings (SSSR count). The van der Waals surface area contributed by atoms with Crippen LogP contribution in [-0.4, -0.2) is 4.98 Å². The Bertz CT molecular complexity index is 373. The molecule has 0 fully saturated rings. The van der Waals surface area contributed by atoms with Crippen molar-refractivity contribution < 1.29 is 0 Å². The summed E-state index contributed by atoms with van der Waals surface area (Å²) in [5.74, 6) is 0. The first-order valence-electron chi connectivity index (χ1n) is 3.90. The van der Waals surface area contributed by atoms with Gasteiger partial charge in [0, 0.05) is 11.8 Å². The molecule has 0 aliphatic carbocycles. The number of allylic oxidation sites excluding steroid dienone is 1. The van der Waals surface area contributed by atoms with Gasteiger partial charge in [-0.1, -0.05) is 18.5 Å². The smallest absolute Gasteiger partial charge is 0.0963 e. The molecule has 0 radical (unpaired) electrons. The second-order valence-electron chi connectivity index (χ2n) is 2.50. The molecule has 1 aromatic rings. The van der Waals surface area contributed by atoms with Gasteiger partial charge in [0.25, 0.3) is 0 Å². The molecule has 0 saturated heterocycles. The number of thiazole rings is 1. The van der Waals surface area contributed by atoms with Crippen LogP contribution >= 0.6 is 22.9 Å². The average molecular weight is 213 g/mol. The molecule has 68 valence electrons. The average Bonchev–Trinajstić information content (AvgIpc) is 2.54. The summed E-state index contributed by atoms with van der Waals surface area (Å²) in [4.78, 5) is 4.95.